The number of azo groups is 1. The van der Waals surface area contributed by atoms with Crippen LogP contribution in [0, 0.1) is 12.3 Å². The minimum atomic E-state index is 0.526. The Kier molecular flexibility index (Phi) is 5.42. The molecule has 1 aromatic rings. The SMILES string of the molecule is C#C/C=C(\C=C/C)N=Nc1ccc(CN)cc1. The van der Waals surface area contributed by atoms with Crippen LogP contribution in [-0.2, 0) is 6.54 Å². The Hall–Kier alpha value is -2.18. The first-order chi connectivity index (χ1) is 8.30. The first kappa shape index (κ1) is 12.9. The lowest BCUT2D eigenvalue weighted by Crippen LogP contribution is -1.94. The standard InChI is InChI=1S/C14H15N3/c1-3-5-13(6-4-2)16-17-14-9-7-12(11-15)8-10-14/h1,4-10H,11,15H2,2H3/b6-4-,13-5+,17-16?. The van der Waals surface area contributed by atoms with Crippen molar-refractivity contribution in [3.8, 4) is 12.3 Å². The smallest absolute Gasteiger partial charge is 0.0936 e. The Morgan fingerprint density at radius 1 is 1.41 bits per heavy atom. The zero-order chi connectivity index (χ0) is 12.5. The van der Waals surface area contributed by atoms with Crippen molar-refractivity contribution in [2.24, 2.45) is 16.0 Å². The van der Waals surface area contributed by atoms with Crippen molar-refractivity contribution < 1.29 is 0 Å². The van der Waals surface area contributed by atoms with Gasteiger partial charge in [-0.05, 0) is 30.7 Å². The van der Waals surface area contributed by atoms with Gasteiger partial charge in [-0.1, -0.05) is 24.1 Å². The second-order valence-electron chi connectivity index (χ2n) is 3.31. The molecule has 0 aliphatic carbocycles. The molecular weight excluding hydrogens is 210 g/mol. The van der Waals surface area contributed by atoms with E-state index >= 15 is 0 Å². The Bertz CT molecular complexity index is 473. The summed E-state index contributed by atoms with van der Waals surface area (Å²) in [4.78, 5) is 0. The lowest BCUT2D eigenvalue weighted by atomic mass is 10.2. The highest BCUT2D eigenvalue weighted by Crippen LogP contribution is 2.15. The molecule has 0 radical (unpaired) electrons. The minimum absolute atomic E-state index is 0.526. The fourth-order valence-electron chi connectivity index (χ4n) is 1.18. The minimum Gasteiger partial charge on any atom is -0.326 e. The highest BCUT2D eigenvalue weighted by Gasteiger charge is 1.91. The fourth-order valence-corrected chi connectivity index (χ4v) is 1.18. The molecule has 0 amide bonds. The van der Waals surface area contributed by atoms with Crippen molar-refractivity contribution in [2.75, 3.05) is 0 Å². The second kappa shape index (κ2) is 7.15. The molecule has 0 saturated heterocycles. The predicted octanol–water partition coefficient (Wildman–Crippen LogP) is 3.32. The van der Waals surface area contributed by atoms with E-state index in [1.807, 2.05) is 37.3 Å². The fraction of sp³-hybridized carbons (Fsp3) is 0.143. The molecule has 3 nitrogen and oxygen atoms in total. The molecule has 1 rings (SSSR count). The summed E-state index contributed by atoms with van der Waals surface area (Å²) in [5.41, 5.74) is 8.00. The van der Waals surface area contributed by atoms with Gasteiger partial charge in [0.25, 0.3) is 0 Å². The lowest BCUT2D eigenvalue weighted by molar-refractivity contribution is 1.07. The van der Waals surface area contributed by atoms with Crippen LogP contribution < -0.4 is 5.73 Å². The molecule has 0 bridgehead atoms. The molecule has 0 saturated carbocycles. The molecule has 0 heterocycles. The van der Waals surface area contributed by atoms with E-state index in [0.29, 0.717) is 12.2 Å². The number of hydrogen-bond acceptors (Lipinski definition) is 3. The number of nitrogens with two attached hydrogens (primary N) is 1. The van der Waals surface area contributed by atoms with Crippen LogP contribution in [0.2, 0.25) is 0 Å². The molecule has 86 valence electrons. The first-order valence-electron chi connectivity index (χ1n) is 5.30. The van der Waals surface area contributed by atoms with Gasteiger partial charge >= 0.3 is 0 Å². The van der Waals surface area contributed by atoms with E-state index in [-0.39, 0.29) is 0 Å². The number of nitrogens with zero attached hydrogens (tertiary/aromatic N) is 2. The van der Waals surface area contributed by atoms with Gasteiger partial charge in [-0.3, -0.25) is 0 Å². The summed E-state index contributed by atoms with van der Waals surface area (Å²) < 4.78 is 0. The van der Waals surface area contributed by atoms with Gasteiger partial charge in [-0.15, -0.1) is 11.5 Å². The zero-order valence-corrected chi connectivity index (χ0v) is 9.80. The van der Waals surface area contributed by atoms with Gasteiger partial charge in [-0.2, -0.15) is 5.11 Å². The molecule has 3 heteroatoms. The number of benzene rings is 1. The van der Waals surface area contributed by atoms with Crippen molar-refractivity contribution in [3.63, 3.8) is 0 Å². The molecule has 17 heavy (non-hydrogen) atoms. The van der Waals surface area contributed by atoms with Crippen LogP contribution in [0.15, 0.2) is 58.4 Å². The van der Waals surface area contributed by atoms with E-state index in [1.165, 1.54) is 0 Å². The third-order valence-electron chi connectivity index (χ3n) is 2.02. The average molecular weight is 225 g/mol. The van der Waals surface area contributed by atoms with Crippen molar-refractivity contribution in [1.29, 1.82) is 0 Å². The summed E-state index contributed by atoms with van der Waals surface area (Å²) in [5.74, 6) is 2.42. The normalized spacial score (nSPS) is 12.2. The maximum absolute atomic E-state index is 5.51. The maximum Gasteiger partial charge on any atom is 0.0936 e. The Labute approximate surface area is 102 Å². The predicted molar refractivity (Wildman–Crippen MR) is 70.6 cm³/mol. The molecule has 0 unspecified atom stereocenters. The summed E-state index contributed by atoms with van der Waals surface area (Å²) >= 11 is 0. The molecule has 0 aliphatic heterocycles. The van der Waals surface area contributed by atoms with Gasteiger partial charge in [0.05, 0.1) is 11.4 Å². The Balaban J connectivity index is 2.82. The van der Waals surface area contributed by atoms with Gasteiger partial charge in [0, 0.05) is 12.6 Å². The van der Waals surface area contributed by atoms with Crippen molar-refractivity contribution >= 4 is 5.69 Å². The van der Waals surface area contributed by atoms with Crippen molar-refractivity contribution in [2.45, 2.75) is 13.5 Å². The second-order valence-corrected chi connectivity index (χ2v) is 3.31. The topological polar surface area (TPSA) is 50.7 Å². The van der Waals surface area contributed by atoms with Crippen LogP contribution in [0.4, 0.5) is 5.69 Å². The number of hydrogen-bond donors (Lipinski definition) is 1. The quantitative estimate of drug-likeness (QED) is 0.477. The molecule has 0 fully saturated rings. The maximum atomic E-state index is 5.51. The van der Waals surface area contributed by atoms with Gasteiger partial charge < -0.3 is 5.73 Å². The zero-order valence-electron chi connectivity index (χ0n) is 9.80. The number of rotatable bonds is 4. The van der Waals surface area contributed by atoms with Crippen LogP contribution >= 0.6 is 0 Å². The summed E-state index contributed by atoms with van der Waals surface area (Å²) in [6, 6.07) is 7.59. The van der Waals surface area contributed by atoms with Crippen molar-refractivity contribution in [1.82, 2.24) is 0 Å². The van der Waals surface area contributed by atoms with Crippen LogP contribution in [0.25, 0.3) is 0 Å². The highest BCUT2D eigenvalue weighted by molar-refractivity contribution is 5.38. The van der Waals surface area contributed by atoms with Gasteiger partial charge in [0.1, 0.15) is 0 Å². The van der Waals surface area contributed by atoms with E-state index in [4.69, 9.17) is 12.2 Å². The summed E-state index contributed by atoms with van der Waals surface area (Å²) in [6.07, 6.45) is 10.4. The lowest BCUT2D eigenvalue weighted by Gasteiger charge is -1.96. The van der Waals surface area contributed by atoms with Crippen LogP contribution in [0.1, 0.15) is 12.5 Å². The van der Waals surface area contributed by atoms with E-state index in [2.05, 4.69) is 16.1 Å². The molecule has 0 spiro atoms. The monoisotopic (exact) mass is 225 g/mol. The largest absolute Gasteiger partial charge is 0.326 e. The van der Waals surface area contributed by atoms with E-state index in [9.17, 15) is 0 Å². The third kappa shape index (κ3) is 4.45. The number of allylic oxidation sites excluding steroid dienone is 3. The van der Waals surface area contributed by atoms with Gasteiger partial charge in [0.15, 0.2) is 0 Å². The molecule has 0 atom stereocenters. The number of terminal acetylenes is 1. The summed E-state index contributed by atoms with van der Waals surface area (Å²) in [5, 5.41) is 8.14. The van der Waals surface area contributed by atoms with E-state index in [1.54, 1.807) is 12.2 Å². The van der Waals surface area contributed by atoms with E-state index in [0.717, 1.165) is 11.3 Å². The van der Waals surface area contributed by atoms with Crippen LogP contribution in [0.3, 0.4) is 0 Å². The first-order valence-corrected chi connectivity index (χ1v) is 5.30. The van der Waals surface area contributed by atoms with E-state index < -0.39 is 0 Å². The Morgan fingerprint density at radius 3 is 2.65 bits per heavy atom. The molecular formula is C14H15N3. The van der Waals surface area contributed by atoms with Gasteiger partial charge in [-0.25, -0.2) is 0 Å². The highest BCUT2D eigenvalue weighted by atomic mass is 15.1. The van der Waals surface area contributed by atoms with Crippen molar-refractivity contribution in [3.05, 3.63) is 53.8 Å². The summed E-state index contributed by atoms with van der Waals surface area (Å²) in [7, 11) is 0. The molecule has 2 N–H and O–H groups in total. The average Bonchev–Trinajstić information content (AvgIpc) is 2.37. The van der Waals surface area contributed by atoms with Crippen LogP contribution in [0.5, 0.6) is 0 Å². The molecule has 1 aromatic carbocycles. The summed E-state index contributed by atoms with van der Waals surface area (Å²) in [6.45, 7) is 2.42. The van der Waals surface area contributed by atoms with Crippen LogP contribution in [-0.4, -0.2) is 0 Å². The Morgan fingerprint density at radius 2 is 2.12 bits per heavy atom. The van der Waals surface area contributed by atoms with Gasteiger partial charge in [0.2, 0.25) is 0 Å². The third-order valence-corrected chi connectivity index (χ3v) is 2.02. The molecule has 0 aliphatic rings. The molecule has 0 aromatic heterocycles.